The highest BCUT2D eigenvalue weighted by atomic mass is 32.1. The van der Waals surface area contributed by atoms with Crippen LogP contribution in [0, 0.1) is 0 Å². The summed E-state index contributed by atoms with van der Waals surface area (Å²) in [6.07, 6.45) is 0.947. The van der Waals surface area contributed by atoms with E-state index in [2.05, 4.69) is 62.6 Å². The molecule has 1 aromatic carbocycles. The van der Waals surface area contributed by atoms with Crippen molar-refractivity contribution in [2.45, 2.75) is 18.5 Å². The standard InChI is InChI=1S/C14H13N5S/c1-2-5-10(6-3-1)12-9-11(13-7-4-8-20-13)15-14-16-17-18-19(12)14/h1-8,11-12H,9H2,(H,15,16,18)/t11-,12+/m0/s1. The van der Waals surface area contributed by atoms with E-state index in [1.807, 2.05) is 10.7 Å². The lowest BCUT2D eigenvalue weighted by Crippen LogP contribution is -2.27. The van der Waals surface area contributed by atoms with E-state index in [1.165, 1.54) is 10.4 Å². The number of anilines is 1. The quantitative estimate of drug-likeness (QED) is 0.785. The van der Waals surface area contributed by atoms with Gasteiger partial charge in [-0.1, -0.05) is 41.5 Å². The van der Waals surface area contributed by atoms with Crippen molar-refractivity contribution in [2.75, 3.05) is 5.32 Å². The molecular weight excluding hydrogens is 270 g/mol. The summed E-state index contributed by atoms with van der Waals surface area (Å²) in [6, 6.07) is 15.1. The third-order valence-electron chi connectivity index (χ3n) is 3.62. The highest BCUT2D eigenvalue weighted by Crippen LogP contribution is 2.38. The molecule has 0 bridgehead atoms. The maximum atomic E-state index is 4.13. The molecule has 0 saturated heterocycles. The van der Waals surface area contributed by atoms with Crippen molar-refractivity contribution >= 4 is 17.3 Å². The molecule has 0 unspecified atom stereocenters. The van der Waals surface area contributed by atoms with E-state index < -0.39 is 0 Å². The Labute approximate surface area is 120 Å². The van der Waals surface area contributed by atoms with E-state index in [-0.39, 0.29) is 12.1 Å². The van der Waals surface area contributed by atoms with Crippen LogP contribution in [-0.4, -0.2) is 20.2 Å². The highest BCUT2D eigenvalue weighted by molar-refractivity contribution is 7.10. The number of aromatic nitrogens is 4. The van der Waals surface area contributed by atoms with Crippen molar-refractivity contribution in [1.29, 1.82) is 0 Å². The molecule has 0 radical (unpaired) electrons. The van der Waals surface area contributed by atoms with Gasteiger partial charge in [-0.05, 0) is 33.9 Å². The van der Waals surface area contributed by atoms with Crippen LogP contribution in [0.15, 0.2) is 47.8 Å². The van der Waals surface area contributed by atoms with Crippen molar-refractivity contribution in [3.05, 3.63) is 58.3 Å². The minimum atomic E-state index is 0.176. The van der Waals surface area contributed by atoms with Gasteiger partial charge in [0.1, 0.15) is 0 Å². The monoisotopic (exact) mass is 283 g/mol. The summed E-state index contributed by atoms with van der Waals surface area (Å²) in [5.74, 6) is 0.739. The zero-order valence-corrected chi connectivity index (χ0v) is 11.5. The van der Waals surface area contributed by atoms with Gasteiger partial charge in [0.2, 0.25) is 5.95 Å². The number of hydrogen-bond donors (Lipinski definition) is 1. The predicted octanol–water partition coefficient (Wildman–Crippen LogP) is 2.88. The Morgan fingerprint density at radius 1 is 1.15 bits per heavy atom. The van der Waals surface area contributed by atoms with E-state index in [1.54, 1.807) is 11.3 Å². The van der Waals surface area contributed by atoms with Gasteiger partial charge in [-0.3, -0.25) is 0 Å². The first-order valence-corrected chi connectivity index (χ1v) is 7.42. The molecule has 0 aliphatic carbocycles. The molecule has 1 N–H and O–H groups in total. The topological polar surface area (TPSA) is 55.6 Å². The number of tetrazole rings is 1. The maximum absolute atomic E-state index is 4.13. The first kappa shape index (κ1) is 11.6. The fourth-order valence-electron chi connectivity index (χ4n) is 2.67. The van der Waals surface area contributed by atoms with Crippen LogP contribution in [0.25, 0.3) is 0 Å². The largest absolute Gasteiger partial charge is 0.345 e. The number of nitrogens with zero attached hydrogens (tertiary/aromatic N) is 4. The lowest BCUT2D eigenvalue weighted by atomic mass is 9.97. The molecule has 5 nitrogen and oxygen atoms in total. The molecule has 2 aromatic heterocycles. The van der Waals surface area contributed by atoms with Gasteiger partial charge in [-0.25, -0.2) is 4.68 Å². The van der Waals surface area contributed by atoms with Crippen LogP contribution >= 0.6 is 11.3 Å². The first-order valence-electron chi connectivity index (χ1n) is 6.54. The third kappa shape index (κ3) is 1.89. The average molecular weight is 283 g/mol. The van der Waals surface area contributed by atoms with Crippen molar-refractivity contribution in [3.8, 4) is 0 Å². The van der Waals surface area contributed by atoms with Crippen molar-refractivity contribution in [2.24, 2.45) is 0 Å². The highest BCUT2D eigenvalue weighted by Gasteiger charge is 2.30. The van der Waals surface area contributed by atoms with E-state index in [0.29, 0.717) is 0 Å². The Kier molecular flexibility index (Phi) is 2.74. The van der Waals surface area contributed by atoms with E-state index >= 15 is 0 Å². The lowest BCUT2D eigenvalue weighted by molar-refractivity contribution is 0.426. The molecule has 0 fully saturated rings. The molecule has 0 saturated carbocycles. The number of thiophene rings is 1. The van der Waals surface area contributed by atoms with Crippen LogP contribution in [0.1, 0.15) is 28.9 Å². The van der Waals surface area contributed by atoms with Gasteiger partial charge in [0.25, 0.3) is 0 Å². The lowest BCUT2D eigenvalue weighted by Gasteiger charge is -2.30. The Balaban J connectivity index is 1.75. The Morgan fingerprint density at radius 3 is 2.85 bits per heavy atom. The number of rotatable bonds is 2. The molecule has 20 heavy (non-hydrogen) atoms. The normalized spacial score (nSPS) is 21.2. The summed E-state index contributed by atoms with van der Waals surface area (Å²) < 4.78 is 1.87. The van der Waals surface area contributed by atoms with Gasteiger partial charge >= 0.3 is 0 Å². The third-order valence-corrected chi connectivity index (χ3v) is 4.61. The number of nitrogens with one attached hydrogen (secondary N) is 1. The van der Waals surface area contributed by atoms with Crippen molar-refractivity contribution in [1.82, 2.24) is 20.2 Å². The molecular formula is C14H13N5S. The number of benzene rings is 1. The predicted molar refractivity (Wildman–Crippen MR) is 77.7 cm³/mol. The van der Waals surface area contributed by atoms with Crippen molar-refractivity contribution in [3.63, 3.8) is 0 Å². The van der Waals surface area contributed by atoms with Gasteiger partial charge in [-0.2, -0.15) is 0 Å². The maximum Gasteiger partial charge on any atom is 0.244 e. The fraction of sp³-hybridized carbons (Fsp3) is 0.214. The molecule has 4 rings (SSSR count). The average Bonchev–Trinajstić information content (AvgIpc) is 3.18. The first-order chi connectivity index (χ1) is 9.92. The van der Waals surface area contributed by atoms with Crippen LogP contribution in [0.3, 0.4) is 0 Å². The Hall–Kier alpha value is -2.21. The second-order valence-corrected chi connectivity index (χ2v) is 5.80. The molecule has 6 heteroatoms. The summed E-state index contributed by atoms with van der Waals surface area (Å²) in [7, 11) is 0. The van der Waals surface area contributed by atoms with Crippen molar-refractivity contribution < 1.29 is 0 Å². The summed E-state index contributed by atoms with van der Waals surface area (Å²) in [5.41, 5.74) is 1.24. The minimum absolute atomic E-state index is 0.176. The molecule has 1 aliphatic rings. The van der Waals surface area contributed by atoms with Crippen LogP contribution in [0.2, 0.25) is 0 Å². The van der Waals surface area contributed by atoms with Crippen LogP contribution < -0.4 is 5.32 Å². The van der Waals surface area contributed by atoms with Crippen LogP contribution in [0.4, 0.5) is 5.95 Å². The molecule has 2 atom stereocenters. The van der Waals surface area contributed by atoms with E-state index in [4.69, 9.17) is 0 Å². The van der Waals surface area contributed by atoms with Gasteiger partial charge in [-0.15, -0.1) is 11.3 Å². The second kappa shape index (κ2) is 4.72. The van der Waals surface area contributed by atoms with Gasteiger partial charge in [0, 0.05) is 4.88 Å². The van der Waals surface area contributed by atoms with Crippen LogP contribution in [-0.2, 0) is 0 Å². The summed E-state index contributed by atoms with van der Waals surface area (Å²) in [6.45, 7) is 0. The Bertz CT molecular complexity index is 691. The Morgan fingerprint density at radius 2 is 2.05 bits per heavy atom. The summed E-state index contributed by atoms with van der Waals surface area (Å²) in [5, 5.41) is 17.5. The van der Waals surface area contributed by atoms with Crippen LogP contribution in [0.5, 0.6) is 0 Å². The molecule has 0 amide bonds. The zero-order chi connectivity index (χ0) is 13.4. The molecule has 0 spiro atoms. The number of hydrogen-bond acceptors (Lipinski definition) is 5. The summed E-state index contributed by atoms with van der Waals surface area (Å²) in [4.78, 5) is 1.32. The van der Waals surface area contributed by atoms with E-state index in [9.17, 15) is 0 Å². The molecule has 3 aromatic rings. The SMILES string of the molecule is c1ccc([C@H]2C[C@@H](c3cccs3)Nc3nnnn32)cc1. The molecule has 3 heterocycles. The van der Waals surface area contributed by atoms with Gasteiger partial charge in [0.05, 0.1) is 12.1 Å². The van der Waals surface area contributed by atoms with Gasteiger partial charge in [0.15, 0.2) is 0 Å². The smallest absolute Gasteiger partial charge is 0.244 e. The fourth-order valence-corrected chi connectivity index (χ4v) is 3.46. The molecule has 100 valence electrons. The minimum Gasteiger partial charge on any atom is -0.345 e. The zero-order valence-electron chi connectivity index (χ0n) is 10.7. The van der Waals surface area contributed by atoms with Gasteiger partial charge < -0.3 is 5.32 Å². The summed E-state index contributed by atoms with van der Waals surface area (Å²) >= 11 is 1.76. The second-order valence-electron chi connectivity index (χ2n) is 4.82. The molecule has 1 aliphatic heterocycles. The number of fused-ring (bicyclic) bond motifs is 1. The van der Waals surface area contributed by atoms with E-state index in [0.717, 1.165) is 12.4 Å².